The summed E-state index contributed by atoms with van der Waals surface area (Å²) < 4.78 is 0. The smallest absolute Gasteiger partial charge is 0.0323 e. The summed E-state index contributed by atoms with van der Waals surface area (Å²) in [5.74, 6) is 0. The van der Waals surface area contributed by atoms with Crippen LogP contribution in [0.1, 0.15) is 44.7 Å². The van der Waals surface area contributed by atoms with Crippen LogP contribution in [0.15, 0.2) is 30.3 Å². The number of likely N-dealkylation sites (tertiary alicyclic amines) is 1. The largest absolute Gasteiger partial charge is 0.306 e. The van der Waals surface area contributed by atoms with E-state index in [0.717, 1.165) is 0 Å². The fraction of sp³-hybridized carbons (Fsp3) is 0.625. The van der Waals surface area contributed by atoms with Crippen molar-refractivity contribution in [3.8, 4) is 0 Å². The second kappa shape index (κ2) is 6.35. The quantitative estimate of drug-likeness (QED) is 0.858. The summed E-state index contributed by atoms with van der Waals surface area (Å²) in [5, 5.41) is 3.85. The fourth-order valence-electron chi connectivity index (χ4n) is 2.92. The Hall–Kier alpha value is -0.860. The van der Waals surface area contributed by atoms with Crippen LogP contribution < -0.4 is 5.32 Å². The molecule has 0 saturated carbocycles. The lowest BCUT2D eigenvalue weighted by Crippen LogP contribution is -2.34. The Balaban J connectivity index is 1.99. The molecular formula is C16H26N2. The van der Waals surface area contributed by atoms with Gasteiger partial charge in [-0.05, 0) is 32.4 Å². The highest BCUT2D eigenvalue weighted by Gasteiger charge is 2.27. The van der Waals surface area contributed by atoms with Crippen molar-refractivity contribution in [2.24, 2.45) is 0 Å². The molecule has 1 aromatic carbocycles. The molecule has 1 saturated heterocycles. The van der Waals surface area contributed by atoms with Gasteiger partial charge in [0.25, 0.3) is 0 Å². The highest BCUT2D eigenvalue weighted by atomic mass is 15.2. The first-order valence-corrected chi connectivity index (χ1v) is 7.22. The number of rotatable bonds is 5. The minimum atomic E-state index is 0.514. The van der Waals surface area contributed by atoms with Gasteiger partial charge in [-0.25, -0.2) is 0 Å². The van der Waals surface area contributed by atoms with Crippen molar-refractivity contribution < 1.29 is 0 Å². The normalized spacial score (nSPS) is 26.4. The molecule has 3 unspecified atom stereocenters. The lowest BCUT2D eigenvalue weighted by molar-refractivity contribution is 0.323. The maximum Gasteiger partial charge on any atom is 0.0323 e. The van der Waals surface area contributed by atoms with E-state index in [1.54, 1.807) is 0 Å². The third-order valence-corrected chi connectivity index (χ3v) is 4.10. The van der Waals surface area contributed by atoms with Crippen molar-refractivity contribution in [1.82, 2.24) is 10.2 Å². The van der Waals surface area contributed by atoms with E-state index in [-0.39, 0.29) is 0 Å². The summed E-state index contributed by atoms with van der Waals surface area (Å²) in [4.78, 5) is 2.45. The molecule has 2 nitrogen and oxygen atoms in total. The number of hydrogen-bond acceptors (Lipinski definition) is 2. The van der Waals surface area contributed by atoms with Gasteiger partial charge in [-0.1, -0.05) is 43.7 Å². The SMILES string of the molecule is CCCC(NC1CC(C)N(C)C1)c1ccccc1. The van der Waals surface area contributed by atoms with E-state index < -0.39 is 0 Å². The first-order valence-electron chi connectivity index (χ1n) is 7.22. The molecule has 100 valence electrons. The van der Waals surface area contributed by atoms with Crippen molar-refractivity contribution in [3.63, 3.8) is 0 Å². The summed E-state index contributed by atoms with van der Waals surface area (Å²) >= 11 is 0. The summed E-state index contributed by atoms with van der Waals surface area (Å²) in [6.45, 7) is 5.76. The molecule has 1 aliphatic rings. The minimum Gasteiger partial charge on any atom is -0.306 e. The summed E-state index contributed by atoms with van der Waals surface area (Å²) in [7, 11) is 2.23. The maximum atomic E-state index is 3.85. The van der Waals surface area contributed by atoms with Gasteiger partial charge in [-0.15, -0.1) is 0 Å². The van der Waals surface area contributed by atoms with Gasteiger partial charge in [-0.3, -0.25) is 0 Å². The number of benzene rings is 1. The summed E-state index contributed by atoms with van der Waals surface area (Å²) in [6, 6.07) is 12.7. The van der Waals surface area contributed by atoms with Crippen LogP contribution in [0, 0.1) is 0 Å². The van der Waals surface area contributed by atoms with Crippen LogP contribution in [0.5, 0.6) is 0 Å². The second-order valence-corrected chi connectivity index (χ2v) is 5.64. The number of likely N-dealkylation sites (N-methyl/N-ethyl adjacent to an activating group) is 1. The van der Waals surface area contributed by atoms with Crippen LogP contribution in [-0.4, -0.2) is 30.6 Å². The highest BCUT2D eigenvalue weighted by Crippen LogP contribution is 2.23. The van der Waals surface area contributed by atoms with Crippen LogP contribution in [-0.2, 0) is 0 Å². The predicted molar refractivity (Wildman–Crippen MR) is 77.7 cm³/mol. The Labute approximate surface area is 111 Å². The molecule has 0 aliphatic carbocycles. The molecule has 1 heterocycles. The first kappa shape index (κ1) is 13.6. The van der Waals surface area contributed by atoms with E-state index in [1.165, 1.54) is 31.4 Å². The average molecular weight is 246 g/mol. The monoisotopic (exact) mass is 246 g/mol. The Kier molecular flexibility index (Phi) is 4.79. The third-order valence-electron chi connectivity index (χ3n) is 4.10. The number of hydrogen-bond donors (Lipinski definition) is 1. The molecule has 0 bridgehead atoms. The van der Waals surface area contributed by atoms with Crippen LogP contribution >= 0.6 is 0 Å². The van der Waals surface area contributed by atoms with Crippen molar-refractivity contribution in [1.29, 1.82) is 0 Å². The van der Waals surface area contributed by atoms with Gasteiger partial charge >= 0.3 is 0 Å². The van der Waals surface area contributed by atoms with Crippen LogP contribution in [0.3, 0.4) is 0 Å². The summed E-state index contributed by atoms with van der Waals surface area (Å²) in [6.07, 6.45) is 3.72. The van der Waals surface area contributed by atoms with Gasteiger partial charge in [-0.2, -0.15) is 0 Å². The molecule has 0 radical (unpaired) electrons. The van der Waals surface area contributed by atoms with Gasteiger partial charge in [0.15, 0.2) is 0 Å². The number of nitrogens with one attached hydrogen (secondary N) is 1. The Morgan fingerprint density at radius 2 is 2.06 bits per heavy atom. The van der Waals surface area contributed by atoms with Gasteiger partial charge in [0.05, 0.1) is 0 Å². The van der Waals surface area contributed by atoms with Crippen molar-refractivity contribution in [3.05, 3.63) is 35.9 Å². The fourth-order valence-corrected chi connectivity index (χ4v) is 2.92. The Bertz CT molecular complexity index is 339. The summed E-state index contributed by atoms with van der Waals surface area (Å²) in [5.41, 5.74) is 1.43. The minimum absolute atomic E-state index is 0.514. The molecule has 2 rings (SSSR count). The molecule has 0 spiro atoms. The van der Waals surface area contributed by atoms with Crippen LogP contribution in [0.4, 0.5) is 0 Å². The van der Waals surface area contributed by atoms with Crippen LogP contribution in [0.2, 0.25) is 0 Å². The average Bonchev–Trinajstić information content (AvgIpc) is 2.69. The van der Waals surface area contributed by atoms with Crippen molar-refractivity contribution in [2.75, 3.05) is 13.6 Å². The van der Waals surface area contributed by atoms with E-state index >= 15 is 0 Å². The van der Waals surface area contributed by atoms with E-state index in [9.17, 15) is 0 Å². The van der Waals surface area contributed by atoms with E-state index in [1.807, 2.05) is 0 Å². The zero-order valence-corrected chi connectivity index (χ0v) is 11.9. The highest BCUT2D eigenvalue weighted by molar-refractivity contribution is 5.19. The lowest BCUT2D eigenvalue weighted by atomic mass is 10.0. The van der Waals surface area contributed by atoms with E-state index in [2.05, 4.69) is 61.4 Å². The molecule has 1 fully saturated rings. The lowest BCUT2D eigenvalue weighted by Gasteiger charge is -2.23. The van der Waals surface area contributed by atoms with Gasteiger partial charge in [0.2, 0.25) is 0 Å². The van der Waals surface area contributed by atoms with E-state index in [4.69, 9.17) is 0 Å². The second-order valence-electron chi connectivity index (χ2n) is 5.64. The zero-order valence-electron chi connectivity index (χ0n) is 11.9. The van der Waals surface area contributed by atoms with Gasteiger partial charge < -0.3 is 10.2 Å². The van der Waals surface area contributed by atoms with Crippen molar-refractivity contribution >= 4 is 0 Å². The Morgan fingerprint density at radius 1 is 1.33 bits per heavy atom. The molecule has 1 N–H and O–H groups in total. The molecule has 18 heavy (non-hydrogen) atoms. The van der Waals surface area contributed by atoms with Crippen LogP contribution in [0.25, 0.3) is 0 Å². The third kappa shape index (κ3) is 3.33. The van der Waals surface area contributed by atoms with E-state index in [0.29, 0.717) is 18.1 Å². The molecule has 0 aromatic heterocycles. The topological polar surface area (TPSA) is 15.3 Å². The molecule has 0 amide bonds. The van der Waals surface area contributed by atoms with Gasteiger partial charge in [0, 0.05) is 24.7 Å². The predicted octanol–water partition coefficient (Wildman–Crippen LogP) is 3.21. The van der Waals surface area contributed by atoms with Crippen molar-refractivity contribution in [2.45, 2.75) is 51.2 Å². The molecule has 1 aromatic rings. The number of nitrogens with zero attached hydrogens (tertiary/aromatic N) is 1. The zero-order chi connectivity index (χ0) is 13.0. The molecule has 3 atom stereocenters. The standard InChI is InChI=1S/C16H26N2/c1-4-8-16(14-9-6-5-7-10-14)17-15-11-13(2)18(3)12-15/h5-7,9-10,13,15-17H,4,8,11-12H2,1-3H3. The van der Waals surface area contributed by atoms with Gasteiger partial charge in [0.1, 0.15) is 0 Å². The first-order chi connectivity index (χ1) is 8.70. The molecule has 1 aliphatic heterocycles. The maximum absolute atomic E-state index is 3.85. The molecule has 2 heteroatoms. The Morgan fingerprint density at radius 3 is 2.61 bits per heavy atom. The molecular weight excluding hydrogens is 220 g/mol.